The first kappa shape index (κ1) is 55.5. The molecular formula is C56H81NO13. The summed E-state index contributed by atoms with van der Waals surface area (Å²) in [6.45, 7) is 11.2. The molecule has 0 spiro atoms. The number of amides is 1. The fraction of sp³-hybridized carbons (Fsp3) is 0.679. The van der Waals surface area contributed by atoms with Crippen molar-refractivity contribution in [2.75, 3.05) is 27.9 Å². The fourth-order valence-electron chi connectivity index (χ4n) is 11.8. The van der Waals surface area contributed by atoms with Crippen LogP contribution in [-0.4, -0.2) is 131 Å². The number of ketones is 2. The molecule has 3 aliphatic heterocycles. The number of hydrogen-bond donors (Lipinski definition) is 4. The third-order valence-electron chi connectivity index (χ3n) is 16.2. The van der Waals surface area contributed by atoms with Gasteiger partial charge >= 0.3 is 5.97 Å². The highest BCUT2D eigenvalue weighted by atomic mass is 16.7. The molecule has 4 aliphatic rings. The van der Waals surface area contributed by atoms with Crippen LogP contribution in [0.2, 0.25) is 0 Å². The average molecular weight is 976 g/mol. The van der Waals surface area contributed by atoms with Crippen LogP contribution in [0.1, 0.15) is 137 Å². The number of Topliss-reactive ketones (excluding diaryl/α,β-unsaturated/α-hetero) is 2. The summed E-state index contributed by atoms with van der Waals surface area (Å²) in [4.78, 5) is 58.6. The van der Waals surface area contributed by atoms with Crippen LogP contribution >= 0.6 is 0 Å². The van der Waals surface area contributed by atoms with Gasteiger partial charge in [-0.1, -0.05) is 81.8 Å². The number of carbonyl (C=O) groups is 4. The maximum Gasteiger partial charge on any atom is 0.329 e. The minimum Gasteiger partial charge on any atom is -0.456 e. The number of cyclic esters (lactones) is 1. The van der Waals surface area contributed by atoms with Crippen molar-refractivity contribution in [3.8, 4) is 0 Å². The monoisotopic (exact) mass is 976 g/mol. The molecule has 6 rings (SSSR count). The predicted molar refractivity (Wildman–Crippen MR) is 265 cm³/mol. The van der Waals surface area contributed by atoms with Crippen molar-refractivity contribution in [2.45, 2.75) is 185 Å². The number of benzene rings is 2. The second kappa shape index (κ2) is 24.2. The molecule has 388 valence electrons. The van der Waals surface area contributed by atoms with Crippen molar-refractivity contribution in [1.29, 1.82) is 0 Å². The Kier molecular flexibility index (Phi) is 19.2. The van der Waals surface area contributed by atoms with E-state index in [0.29, 0.717) is 69.8 Å². The van der Waals surface area contributed by atoms with Gasteiger partial charge in [-0.2, -0.15) is 0 Å². The quantitative estimate of drug-likeness (QED) is 0.104. The molecule has 1 aliphatic carbocycles. The molecule has 15 unspecified atom stereocenters. The highest BCUT2D eigenvalue weighted by Crippen LogP contribution is 2.42. The number of piperidine rings is 1. The Morgan fingerprint density at radius 1 is 0.914 bits per heavy atom. The largest absolute Gasteiger partial charge is 0.456 e. The number of carbonyl (C=O) groups excluding carboxylic acids is 4. The third-order valence-corrected chi connectivity index (χ3v) is 16.2. The molecule has 2 aromatic carbocycles. The molecule has 3 heterocycles. The SMILES string of the molecule is CCC1C=C(C)CC(C)CC(OC)C2OC(O)(C(=O)C(=O)N3CCCCC3C(=O)OC(C(C)=CC3CCC(O)(CCC(O)c4ccc5ccccc5c4)C(OC)C3)C(C)C(O)CC1=O)C(C)CC2OC. The van der Waals surface area contributed by atoms with Gasteiger partial charge in [0.15, 0.2) is 0 Å². The second-order valence-electron chi connectivity index (χ2n) is 21.3. The summed E-state index contributed by atoms with van der Waals surface area (Å²) in [6, 6.07) is 12.7. The number of fused-ring (bicyclic) bond motifs is 4. The Labute approximate surface area is 415 Å². The first-order valence-corrected chi connectivity index (χ1v) is 25.8. The van der Waals surface area contributed by atoms with E-state index in [1.807, 2.05) is 82.3 Å². The zero-order chi connectivity index (χ0) is 51.1. The van der Waals surface area contributed by atoms with E-state index in [-0.39, 0.29) is 43.4 Å². The fourth-order valence-corrected chi connectivity index (χ4v) is 11.8. The standard InChI is InChI=1S/C56H81NO13/c1-10-39-26-33(2)25-34(3)27-47(66-7)51-48(67-8)29-36(5)56(65,70-51)52(61)53(62)57-24-14-13-17-43(57)54(63)69-50(37(6)45(59)32-46(39)60)35(4)28-38-20-22-55(64,49(30-38)68-9)23-21-44(58)42-19-18-40-15-11-12-16-41(40)31-42/h11-12,15-16,18-19,26,28,31,34,36-39,43-45,47-51,58-59,64-65H,10,13-14,17,20-25,27,29-30,32H2,1-9H3. The Morgan fingerprint density at radius 3 is 2.30 bits per heavy atom. The lowest BCUT2D eigenvalue weighted by molar-refractivity contribution is -0.302. The summed E-state index contributed by atoms with van der Waals surface area (Å²) < 4.78 is 30.4. The number of esters is 1. The number of rotatable bonds is 10. The number of allylic oxidation sites excluding steroid dienone is 3. The molecular weight excluding hydrogens is 895 g/mol. The van der Waals surface area contributed by atoms with E-state index < -0.39 is 95.6 Å². The van der Waals surface area contributed by atoms with Gasteiger partial charge in [0.25, 0.3) is 11.7 Å². The van der Waals surface area contributed by atoms with E-state index in [9.17, 15) is 39.6 Å². The smallest absolute Gasteiger partial charge is 0.329 e. The maximum absolute atomic E-state index is 14.6. The predicted octanol–water partition coefficient (Wildman–Crippen LogP) is 7.51. The minimum atomic E-state index is -2.53. The second-order valence-corrected chi connectivity index (χ2v) is 21.3. The molecule has 2 saturated heterocycles. The van der Waals surface area contributed by atoms with Crippen molar-refractivity contribution in [3.63, 3.8) is 0 Å². The van der Waals surface area contributed by atoms with Crippen molar-refractivity contribution < 1.29 is 63.3 Å². The molecule has 2 bridgehead atoms. The molecule has 1 saturated carbocycles. The molecule has 70 heavy (non-hydrogen) atoms. The van der Waals surface area contributed by atoms with Gasteiger partial charge in [0, 0.05) is 52.0 Å². The van der Waals surface area contributed by atoms with Gasteiger partial charge < -0.3 is 49.0 Å². The minimum absolute atomic E-state index is 0.0123. The molecule has 3 fully saturated rings. The van der Waals surface area contributed by atoms with Gasteiger partial charge in [0.1, 0.15) is 24.0 Å². The van der Waals surface area contributed by atoms with Crippen molar-refractivity contribution in [3.05, 3.63) is 71.3 Å². The topological polar surface area (TPSA) is 199 Å². The Hall–Kier alpha value is -3.86. The van der Waals surface area contributed by atoms with E-state index >= 15 is 0 Å². The van der Waals surface area contributed by atoms with E-state index in [1.165, 1.54) is 19.1 Å². The van der Waals surface area contributed by atoms with Crippen LogP contribution in [0, 0.1) is 29.6 Å². The molecule has 0 aromatic heterocycles. The molecule has 2 aromatic rings. The lowest BCUT2D eigenvalue weighted by atomic mass is 9.73. The van der Waals surface area contributed by atoms with Crippen LogP contribution in [-0.2, 0) is 42.9 Å². The summed E-state index contributed by atoms with van der Waals surface area (Å²) in [6.07, 6.45) is 3.13. The van der Waals surface area contributed by atoms with Crippen LogP contribution in [0.3, 0.4) is 0 Å². The van der Waals surface area contributed by atoms with Crippen LogP contribution in [0.15, 0.2) is 65.8 Å². The summed E-state index contributed by atoms with van der Waals surface area (Å²) in [5, 5.41) is 49.4. The van der Waals surface area contributed by atoms with Crippen LogP contribution in [0.4, 0.5) is 0 Å². The number of aliphatic hydroxyl groups excluding tert-OH is 2. The molecule has 14 heteroatoms. The average Bonchev–Trinajstić information content (AvgIpc) is 3.35. The number of methoxy groups -OCH3 is 3. The van der Waals surface area contributed by atoms with Gasteiger partial charge in [-0.3, -0.25) is 14.4 Å². The first-order valence-electron chi connectivity index (χ1n) is 25.8. The van der Waals surface area contributed by atoms with E-state index in [4.69, 9.17) is 23.7 Å². The molecule has 15 atom stereocenters. The van der Waals surface area contributed by atoms with Gasteiger partial charge in [0.2, 0.25) is 5.79 Å². The van der Waals surface area contributed by atoms with Crippen molar-refractivity contribution in [1.82, 2.24) is 4.90 Å². The van der Waals surface area contributed by atoms with Crippen LogP contribution in [0.5, 0.6) is 0 Å². The summed E-state index contributed by atoms with van der Waals surface area (Å²) in [5.74, 6) is -7.90. The third kappa shape index (κ3) is 12.7. The zero-order valence-corrected chi connectivity index (χ0v) is 43.0. The molecule has 1 amide bonds. The summed E-state index contributed by atoms with van der Waals surface area (Å²) in [7, 11) is 4.62. The van der Waals surface area contributed by atoms with Gasteiger partial charge in [-0.15, -0.1) is 0 Å². The zero-order valence-electron chi connectivity index (χ0n) is 43.0. The van der Waals surface area contributed by atoms with Gasteiger partial charge in [-0.25, -0.2) is 4.79 Å². The van der Waals surface area contributed by atoms with E-state index in [2.05, 4.69) is 0 Å². The first-order chi connectivity index (χ1) is 33.3. The number of ether oxygens (including phenoxy) is 5. The maximum atomic E-state index is 14.6. The van der Waals surface area contributed by atoms with Gasteiger partial charge in [0.05, 0.1) is 36.1 Å². The Morgan fingerprint density at radius 2 is 1.61 bits per heavy atom. The van der Waals surface area contributed by atoms with Crippen LogP contribution < -0.4 is 0 Å². The Balaban J connectivity index is 1.28. The lowest BCUT2D eigenvalue weighted by Gasteiger charge is -2.47. The number of hydrogen-bond acceptors (Lipinski definition) is 13. The molecule has 4 N–H and O–H groups in total. The van der Waals surface area contributed by atoms with Crippen LogP contribution in [0.25, 0.3) is 10.8 Å². The number of aliphatic hydroxyl groups is 4. The van der Waals surface area contributed by atoms with Crippen molar-refractivity contribution in [2.24, 2.45) is 29.6 Å². The van der Waals surface area contributed by atoms with E-state index in [0.717, 1.165) is 21.9 Å². The van der Waals surface area contributed by atoms with E-state index in [1.54, 1.807) is 21.0 Å². The summed E-state index contributed by atoms with van der Waals surface area (Å²) in [5.41, 5.74) is 1.17. The normalized spacial score (nSPS) is 36.4. The Bertz CT molecular complexity index is 2190. The highest BCUT2D eigenvalue weighted by molar-refractivity contribution is 6.39. The number of nitrogens with zero attached hydrogens (tertiary/aromatic N) is 1. The summed E-state index contributed by atoms with van der Waals surface area (Å²) >= 11 is 0. The highest BCUT2D eigenvalue weighted by Gasteiger charge is 2.57. The van der Waals surface area contributed by atoms with Gasteiger partial charge in [-0.05, 0) is 131 Å². The van der Waals surface area contributed by atoms with Crippen molar-refractivity contribution >= 4 is 34.2 Å². The molecule has 14 nitrogen and oxygen atoms in total. The lowest BCUT2D eigenvalue weighted by Crippen LogP contribution is -2.64. The molecule has 0 radical (unpaired) electrons.